The van der Waals surface area contributed by atoms with Crippen molar-refractivity contribution in [3.8, 4) is 5.75 Å². The fourth-order valence-electron chi connectivity index (χ4n) is 3.22. The van der Waals surface area contributed by atoms with Crippen molar-refractivity contribution in [1.82, 2.24) is 4.31 Å². The molecule has 0 radical (unpaired) electrons. The molecular formula is C15H19BrClNO3S. The molecule has 0 spiro atoms. The number of hydrogen-bond donors (Lipinski definition) is 0. The Hall–Kier alpha value is -0.300. The van der Waals surface area contributed by atoms with E-state index in [4.69, 9.17) is 16.3 Å². The number of ether oxygens (including phenoxy) is 1. The van der Waals surface area contributed by atoms with Crippen LogP contribution in [0.15, 0.2) is 21.5 Å². The van der Waals surface area contributed by atoms with Gasteiger partial charge < -0.3 is 4.74 Å². The Kier molecular flexibility index (Phi) is 4.74. The van der Waals surface area contributed by atoms with Crippen LogP contribution in [0.1, 0.15) is 38.5 Å². The van der Waals surface area contributed by atoms with Crippen LogP contribution >= 0.6 is 27.5 Å². The molecule has 7 heteroatoms. The molecule has 0 N–H and O–H groups in total. The van der Waals surface area contributed by atoms with Gasteiger partial charge in [-0.3, -0.25) is 0 Å². The lowest BCUT2D eigenvalue weighted by molar-refractivity contribution is 0.312. The summed E-state index contributed by atoms with van der Waals surface area (Å²) in [4.78, 5) is 0.160. The molecule has 2 aliphatic carbocycles. The second-order valence-electron chi connectivity index (χ2n) is 5.92. The van der Waals surface area contributed by atoms with E-state index in [1.165, 1.54) is 13.2 Å². The molecule has 0 bridgehead atoms. The number of methoxy groups -OCH3 is 1. The van der Waals surface area contributed by atoms with E-state index in [0.29, 0.717) is 15.2 Å². The molecule has 0 aliphatic heterocycles. The second-order valence-corrected chi connectivity index (χ2v) is 9.03. The van der Waals surface area contributed by atoms with E-state index in [2.05, 4.69) is 15.9 Å². The van der Waals surface area contributed by atoms with Crippen molar-refractivity contribution in [3.63, 3.8) is 0 Å². The van der Waals surface area contributed by atoms with Gasteiger partial charge in [0.15, 0.2) is 5.75 Å². The Morgan fingerprint density at radius 2 is 1.77 bits per heavy atom. The third-order valence-electron chi connectivity index (χ3n) is 4.33. The first-order valence-electron chi connectivity index (χ1n) is 7.51. The van der Waals surface area contributed by atoms with Crippen molar-refractivity contribution < 1.29 is 13.2 Å². The molecule has 3 rings (SSSR count). The lowest BCUT2D eigenvalue weighted by Crippen LogP contribution is -2.40. The first-order chi connectivity index (χ1) is 10.4. The first-order valence-corrected chi connectivity index (χ1v) is 10.1. The molecule has 122 valence electrons. The molecule has 2 aliphatic rings. The Morgan fingerprint density at radius 1 is 1.18 bits per heavy atom. The van der Waals surface area contributed by atoms with Crippen LogP contribution in [0.3, 0.4) is 0 Å². The molecule has 0 unspecified atom stereocenters. The van der Waals surface area contributed by atoms with E-state index in [-0.39, 0.29) is 17.0 Å². The third kappa shape index (κ3) is 3.03. The quantitative estimate of drug-likeness (QED) is 0.733. The molecule has 0 amide bonds. The van der Waals surface area contributed by atoms with Gasteiger partial charge in [0.05, 0.1) is 11.6 Å². The van der Waals surface area contributed by atoms with Gasteiger partial charge in [0.25, 0.3) is 0 Å². The van der Waals surface area contributed by atoms with Gasteiger partial charge in [-0.25, -0.2) is 8.42 Å². The highest BCUT2D eigenvalue weighted by Crippen LogP contribution is 2.43. The van der Waals surface area contributed by atoms with Crippen LogP contribution < -0.4 is 4.74 Å². The molecule has 0 saturated heterocycles. The zero-order valence-corrected chi connectivity index (χ0v) is 15.5. The van der Waals surface area contributed by atoms with E-state index in [1.54, 1.807) is 10.4 Å². The monoisotopic (exact) mass is 407 g/mol. The predicted molar refractivity (Wildman–Crippen MR) is 90.0 cm³/mol. The van der Waals surface area contributed by atoms with Gasteiger partial charge in [-0.05, 0) is 53.7 Å². The summed E-state index contributed by atoms with van der Waals surface area (Å²) in [5, 5.41) is 0.383. The second kappa shape index (κ2) is 6.30. The van der Waals surface area contributed by atoms with Crippen molar-refractivity contribution in [2.75, 3.05) is 7.11 Å². The summed E-state index contributed by atoms with van der Waals surface area (Å²) in [6.07, 6.45) is 5.97. The molecule has 4 nitrogen and oxygen atoms in total. The molecule has 2 fully saturated rings. The zero-order chi connectivity index (χ0) is 15.9. The average molecular weight is 409 g/mol. The van der Waals surface area contributed by atoms with Gasteiger partial charge in [-0.1, -0.05) is 24.4 Å². The molecule has 0 heterocycles. The lowest BCUT2D eigenvalue weighted by Gasteiger charge is -2.29. The number of halogens is 2. The first kappa shape index (κ1) is 16.6. The number of sulfonamides is 1. The molecule has 0 atom stereocenters. The van der Waals surface area contributed by atoms with Crippen molar-refractivity contribution in [1.29, 1.82) is 0 Å². The van der Waals surface area contributed by atoms with E-state index < -0.39 is 10.0 Å². The molecule has 2 saturated carbocycles. The normalized spacial score (nSPS) is 19.8. The van der Waals surface area contributed by atoms with Crippen LogP contribution in [-0.4, -0.2) is 31.9 Å². The van der Waals surface area contributed by atoms with Crippen molar-refractivity contribution in [3.05, 3.63) is 21.6 Å². The fourth-order valence-corrected chi connectivity index (χ4v) is 6.52. The summed E-state index contributed by atoms with van der Waals surface area (Å²) in [7, 11) is -2.14. The Bertz CT molecular complexity index is 670. The summed E-state index contributed by atoms with van der Waals surface area (Å²) in [6, 6.07) is 3.39. The molecule has 1 aromatic carbocycles. The van der Waals surface area contributed by atoms with Crippen LogP contribution in [0.5, 0.6) is 5.75 Å². The average Bonchev–Trinajstić information content (AvgIpc) is 3.12. The maximum Gasteiger partial charge on any atom is 0.247 e. The topological polar surface area (TPSA) is 46.6 Å². The molecule has 1 aromatic rings. The zero-order valence-electron chi connectivity index (χ0n) is 12.4. The van der Waals surface area contributed by atoms with Gasteiger partial charge in [0, 0.05) is 17.1 Å². The predicted octanol–water partition coefficient (Wildman–Crippen LogP) is 4.21. The largest absolute Gasteiger partial charge is 0.494 e. The van der Waals surface area contributed by atoms with E-state index in [0.717, 1.165) is 38.5 Å². The van der Waals surface area contributed by atoms with Crippen LogP contribution in [-0.2, 0) is 10.0 Å². The van der Waals surface area contributed by atoms with Gasteiger partial charge in [0.2, 0.25) is 10.0 Å². The number of hydrogen-bond acceptors (Lipinski definition) is 3. The Morgan fingerprint density at radius 3 is 2.32 bits per heavy atom. The highest BCUT2D eigenvalue weighted by atomic mass is 79.9. The van der Waals surface area contributed by atoms with Crippen LogP contribution in [0, 0.1) is 0 Å². The minimum Gasteiger partial charge on any atom is -0.494 e. The SMILES string of the molecule is COc1c(Br)cc(Cl)cc1S(=O)(=O)N(C1CCCC1)C1CC1. The maximum absolute atomic E-state index is 13.3. The lowest BCUT2D eigenvalue weighted by atomic mass is 10.2. The number of nitrogens with zero attached hydrogens (tertiary/aromatic N) is 1. The summed E-state index contributed by atoms with van der Waals surface area (Å²) in [5.41, 5.74) is 0. The smallest absolute Gasteiger partial charge is 0.247 e. The summed E-state index contributed by atoms with van der Waals surface area (Å²) >= 11 is 9.42. The third-order valence-corrected chi connectivity index (χ3v) is 7.14. The summed E-state index contributed by atoms with van der Waals surface area (Å²) in [5.74, 6) is 0.327. The molecule has 0 aromatic heterocycles. The maximum atomic E-state index is 13.3. The van der Waals surface area contributed by atoms with Crippen LogP contribution in [0.25, 0.3) is 0 Å². The van der Waals surface area contributed by atoms with E-state index >= 15 is 0 Å². The van der Waals surface area contributed by atoms with Crippen LogP contribution in [0.4, 0.5) is 0 Å². The standard InChI is InChI=1S/C15H19BrClNO3S/c1-21-15-13(16)8-10(17)9-14(15)22(19,20)18(12-6-7-12)11-4-2-3-5-11/h8-9,11-12H,2-7H2,1H3. The minimum absolute atomic E-state index is 0.111. The van der Waals surface area contributed by atoms with E-state index in [9.17, 15) is 8.42 Å². The highest BCUT2D eigenvalue weighted by molar-refractivity contribution is 9.10. The van der Waals surface area contributed by atoms with E-state index in [1.807, 2.05) is 0 Å². The van der Waals surface area contributed by atoms with Crippen LogP contribution in [0.2, 0.25) is 5.02 Å². The number of rotatable bonds is 5. The fraction of sp³-hybridized carbons (Fsp3) is 0.600. The molecule has 22 heavy (non-hydrogen) atoms. The Labute approximate surface area is 145 Å². The van der Waals surface area contributed by atoms with Crippen molar-refractivity contribution >= 4 is 37.6 Å². The minimum atomic E-state index is -3.62. The van der Waals surface area contributed by atoms with Gasteiger partial charge >= 0.3 is 0 Å². The van der Waals surface area contributed by atoms with Crippen molar-refractivity contribution in [2.45, 2.75) is 55.5 Å². The van der Waals surface area contributed by atoms with Crippen molar-refractivity contribution in [2.24, 2.45) is 0 Å². The van der Waals surface area contributed by atoms with Gasteiger partial charge in [-0.2, -0.15) is 4.31 Å². The number of benzene rings is 1. The molecular weight excluding hydrogens is 390 g/mol. The van der Waals surface area contributed by atoms with Gasteiger partial charge in [-0.15, -0.1) is 0 Å². The Balaban J connectivity index is 2.08. The summed E-state index contributed by atoms with van der Waals surface area (Å²) in [6.45, 7) is 0. The summed E-state index contributed by atoms with van der Waals surface area (Å²) < 4.78 is 34.1. The van der Waals surface area contributed by atoms with Gasteiger partial charge in [0.1, 0.15) is 4.90 Å². The highest BCUT2D eigenvalue weighted by Gasteiger charge is 2.44.